The Morgan fingerprint density at radius 2 is 2.05 bits per heavy atom. The Morgan fingerprint density at radius 3 is 2.70 bits per heavy atom. The van der Waals surface area contributed by atoms with Crippen molar-refractivity contribution in [2.45, 2.75) is 38.6 Å². The van der Waals surface area contributed by atoms with E-state index in [1.165, 1.54) is 0 Å². The number of halogens is 1. The molecular weight excluding hydrogens is 320 g/mol. The van der Waals surface area contributed by atoms with Crippen LogP contribution in [0.2, 0.25) is 0 Å². The summed E-state index contributed by atoms with van der Waals surface area (Å²) in [6.07, 6.45) is 3.85. The number of benzene rings is 1. The molecule has 2 amide bonds. The summed E-state index contributed by atoms with van der Waals surface area (Å²) >= 11 is 3.40. The number of aliphatic hydroxyl groups excluding tert-OH is 1. The molecule has 4 nitrogen and oxygen atoms in total. The zero-order valence-corrected chi connectivity index (χ0v) is 13.2. The molecule has 20 heavy (non-hydrogen) atoms. The number of hydrogen-bond donors (Lipinski definition) is 3. The second kappa shape index (κ2) is 7.09. The van der Waals surface area contributed by atoms with Gasteiger partial charge in [-0.3, -0.25) is 0 Å². The Labute approximate surface area is 128 Å². The van der Waals surface area contributed by atoms with Crippen LogP contribution in [-0.2, 0) is 0 Å². The summed E-state index contributed by atoms with van der Waals surface area (Å²) in [6.45, 7) is 2.23. The molecule has 2 rings (SSSR count). The fourth-order valence-electron chi connectivity index (χ4n) is 2.56. The van der Waals surface area contributed by atoms with E-state index in [9.17, 15) is 4.79 Å². The summed E-state index contributed by atoms with van der Waals surface area (Å²) in [6, 6.07) is 5.88. The maximum absolute atomic E-state index is 12.0. The third-order valence-corrected chi connectivity index (χ3v) is 4.38. The van der Waals surface area contributed by atoms with Crippen LogP contribution < -0.4 is 10.6 Å². The molecule has 0 aromatic heterocycles. The van der Waals surface area contributed by atoms with E-state index in [1.807, 2.05) is 25.1 Å². The van der Waals surface area contributed by atoms with E-state index in [1.54, 1.807) is 0 Å². The largest absolute Gasteiger partial charge is 0.396 e. The van der Waals surface area contributed by atoms with Gasteiger partial charge in [0.15, 0.2) is 0 Å². The van der Waals surface area contributed by atoms with Crippen LogP contribution in [0.25, 0.3) is 0 Å². The summed E-state index contributed by atoms with van der Waals surface area (Å²) in [7, 11) is 0. The van der Waals surface area contributed by atoms with Crippen molar-refractivity contribution in [3.8, 4) is 0 Å². The Kier molecular flexibility index (Phi) is 5.43. The smallest absolute Gasteiger partial charge is 0.319 e. The van der Waals surface area contributed by atoms with Crippen molar-refractivity contribution in [1.82, 2.24) is 5.32 Å². The predicted molar refractivity (Wildman–Crippen MR) is 83.9 cm³/mol. The minimum atomic E-state index is -0.154. The van der Waals surface area contributed by atoms with Crippen LogP contribution >= 0.6 is 15.9 Å². The molecule has 0 unspecified atom stereocenters. The molecule has 0 radical (unpaired) electrons. The average Bonchev–Trinajstić information content (AvgIpc) is 2.43. The highest BCUT2D eigenvalue weighted by atomic mass is 79.9. The molecule has 1 aromatic carbocycles. The van der Waals surface area contributed by atoms with Crippen molar-refractivity contribution in [2.75, 3.05) is 11.9 Å². The van der Waals surface area contributed by atoms with E-state index in [-0.39, 0.29) is 18.7 Å². The van der Waals surface area contributed by atoms with Gasteiger partial charge in [0.05, 0.1) is 0 Å². The minimum absolute atomic E-state index is 0.154. The topological polar surface area (TPSA) is 61.4 Å². The van der Waals surface area contributed by atoms with Gasteiger partial charge in [-0.25, -0.2) is 4.79 Å². The lowest BCUT2D eigenvalue weighted by Crippen LogP contribution is -2.40. The van der Waals surface area contributed by atoms with Crippen molar-refractivity contribution in [1.29, 1.82) is 0 Å². The Balaban J connectivity index is 1.85. The summed E-state index contributed by atoms with van der Waals surface area (Å²) in [5, 5.41) is 15.0. The van der Waals surface area contributed by atoms with Gasteiger partial charge in [-0.05, 0) is 56.2 Å². The molecule has 0 saturated heterocycles. The predicted octanol–water partition coefficient (Wildman–Crippen LogP) is 3.43. The first-order chi connectivity index (χ1) is 9.58. The third kappa shape index (κ3) is 4.21. The second-order valence-electron chi connectivity index (χ2n) is 5.46. The maximum atomic E-state index is 12.0. The third-order valence-electron chi connectivity index (χ3n) is 3.89. The molecule has 0 aliphatic heterocycles. The molecule has 0 spiro atoms. The van der Waals surface area contributed by atoms with Crippen molar-refractivity contribution in [3.63, 3.8) is 0 Å². The summed E-state index contributed by atoms with van der Waals surface area (Å²) in [5.41, 5.74) is 1.85. The normalized spacial score (nSPS) is 22.4. The van der Waals surface area contributed by atoms with E-state index in [0.29, 0.717) is 5.92 Å². The molecule has 1 aliphatic carbocycles. The van der Waals surface area contributed by atoms with Gasteiger partial charge in [0.25, 0.3) is 0 Å². The van der Waals surface area contributed by atoms with Crippen molar-refractivity contribution in [3.05, 3.63) is 28.2 Å². The lowest BCUT2D eigenvalue weighted by atomic mass is 9.87. The molecule has 0 bridgehead atoms. The lowest BCUT2D eigenvalue weighted by molar-refractivity contribution is 0.176. The standard InChI is InChI=1S/C15H21BrN2O2/c1-10-2-5-12(16)8-14(10)18-15(20)17-13-6-3-11(9-19)4-7-13/h2,5,8,11,13,19H,3-4,6-7,9H2,1H3,(H2,17,18,20). The highest BCUT2D eigenvalue weighted by Crippen LogP contribution is 2.24. The van der Waals surface area contributed by atoms with Gasteiger partial charge < -0.3 is 15.7 Å². The summed E-state index contributed by atoms with van der Waals surface area (Å²) in [4.78, 5) is 12.0. The van der Waals surface area contributed by atoms with Gasteiger partial charge >= 0.3 is 6.03 Å². The van der Waals surface area contributed by atoms with Gasteiger partial charge in [-0.2, -0.15) is 0 Å². The number of carbonyl (C=O) groups excluding carboxylic acids is 1. The molecule has 0 atom stereocenters. The molecule has 1 fully saturated rings. The zero-order valence-electron chi connectivity index (χ0n) is 11.7. The van der Waals surface area contributed by atoms with E-state index in [4.69, 9.17) is 5.11 Å². The van der Waals surface area contributed by atoms with Crippen LogP contribution in [-0.4, -0.2) is 23.8 Å². The first-order valence-electron chi connectivity index (χ1n) is 7.03. The molecule has 1 aromatic rings. The molecule has 110 valence electrons. The number of anilines is 1. The Hall–Kier alpha value is -1.07. The summed E-state index contributed by atoms with van der Waals surface area (Å²) in [5.74, 6) is 0.406. The van der Waals surface area contributed by atoms with Gasteiger partial charge in [0.1, 0.15) is 0 Å². The number of aliphatic hydroxyl groups is 1. The van der Waals surface area contributed by atoms with Gasteiger partial charge in [-0.15, -0.1) is 0 Å². The van der Waals surface area contributed by atoms with Crippen LogP contribution in [0.3, 0.4) is 0 Å². The van der Waals surface area contributed by atoms with Crippen LogP contribution in [0.5, 0.6) is 0 Å². The average molecular weight is 341 g/mol. The number of nitrogens with one attached hydrogen (secondary N) is 2. The van der Waals surface area contributed by atoms with Gasteiger partial charge in [0.2, 0.25) is 0 Å². The summed E-state index contributed by atoms with van der Waals surface area (Å²) < 4.78 is 0.946. The van der Waals surface area contributed by atoms with Gasteiger partial charge in [-0.1, -0.05) is 22.0 Å². The minimum Gasteiger partial charge on any atom is -0.396 e. The van der Waals surface area contributed by atoms with Crippen molar-refractivity contribution < 1.29 is 9.90 Å². The first-order valence-corrected chi connectivity index (χ1v) is 7.82. The number of amides is 2. The monoisotopic (exact) mass is 340 g/mol. The van der Waals surface area contributed by atoms with Crippen molar-refractivity contribution in [2.24, 2.45) is 5.92 Å². The fourth-order valence-corrected chi connectivity index (χ4v) is 2.92. The molecule has 1 aliphatic rings. The maximum Gasteiger partial charge on any atom is 0.319 e. The Morgan fingerprint density at radius 1 is 1.35 bits per heavy atom. The first kappa shape index (κ1) is 15.3. The Bertz CT molecular complexity index is 471. The van der Waals surface area contributed by atoms with E-state index >= 15 is 0 Å². The number of hydrogen-bond acceptors (Lipinski definition) is 2. The zero-order chi connectivity index (χ0) is 14.5. The second-order valence-corrected chi connectivity index (χ2v) is 6.37. The quantitative estimate of drug-likeness (QED) is 0.789. The molecule has 3 N–H and O–H groups in total. The lowest BCUT2D eigenvalue weighted by Gasteiger charge is -2.28. The number of carbonyl (C=O) groups is 1. The van der Waals surface area contributed by atoms with Crippen LogP contribution in [0.1, 0.15) is 31.2 Å². The molecule has 5 heteroatoms. The van der Waals surface area contributed by atoms with E-state index < -0.39 is 0 Å². The molecule has 0 heterocycles. The van der Waals surface area contributed by atoms with E-state index in [0.717, 1.165) is 41.4 Å². The number of aryl methyl sites for hydroxylation is 1. The highest BCUT2D eigenvalue weighted by Gasteiger charge is 2.21. The van der Waals surface area contributed by atoms with Crippen LogP contribution in [0.4, 0.5) is 10.5 Å². The molecular formula is C15H21BrN2O2. The number of urea groups is 1. The number of rotatable bonds is 3. The highest BCUT2D eigenvalue weighted by molar-refractivity contribution is 9.10. The van der Waals surface area contributed by atoms with Crippen LogP contribution in [0, 0.1) is 12.8 Å². The molecule has 1 saturated carbocycles. The fraction of sp³-hybridized carbons (Fsp3) is 0.533. The van der Waals surface area contributed by atoms with E-state index in [2.05, 4.69) is 26.6 Å². The van der Waals surface area contributed by atoms with Crippen molar-refractivity contribution >= 4 is 27.6 Å². The van der Waals surface area contributed by atoms with Gasteiger partial charge in [0, 0.05) is 22.8 Å². The SMILES string of the molecule is Cc1ccc(Br)cc1NC(=O)NC1CCC(CO)CC1. The van der Waals surface area contributed by atoms with Crippen LogP contribution in [0.15, 0.2) is 22.7 Å².